The van der Waals surface area contributed by atoms with Crippen LogP contribution in [0.1, 0.15) is 30.4 Å². The lowest BCUT2D eigenvalue weighted by atomic mass is 10.2. The summed E-state index contributed by atoms with van der Waals surface area (Å²) in [6.45, 7) is 3.04. The second-order valence-corrected chi connectivity index (χ2v) is 8.17. The predicted octanol–water partition coefficient (Wildman–Crippen LogP) is 3.63. The average Bonchev–Trinajstić information content (AvgIpc) is 2.63. The number of hydrogen-bond acceptors (Lipinski definition) is 4. The molecule has 1 N–H and O–H groups in total. The summed E-state index contributed by atoms with van der Waals surface area (Å²) in [6.07, 6.45) is 4.44. The van der Waals surface area contributed by atoms with Crippen LogP contribution in [-0.2, 0) is 10.0 Å². The van der Waals surface area contributed by atoms with Gasteiger partial charge in [0.25, 0.3) is 0 Å². The number of para-hydroxylation sites is 1. The molecule has 0 aromatic heterocycles. The van der Waals surface area contributed by atoms with E-state index in [4.69, 9.17) is 0 Å². The Labute approximate surface area is 148 Å². The van der Waals surface area contributed by atoms with Crippen LogP contribution in [0.5, 0.6) is 5.75 Å². The molecule has 0 radical (unpaired) electrons. The third kappa shape index (κ3) is 3.91. The molecule has 1 aliphatic heterocycles. The highest BCUT2D eigenvalue weighted by Gasteiger charge is 2.26. The van der Waals surface area contributed by atoms with Crippen LogP contribution in [0.3, 0.4) is 0 Å². The molecule has 0 bridgehead atoms. The van der Waals surface area contributed by atoms with Gasteiger partial charge in [0.1, 0.15) is 5.75 Å². The summed E-state index contributed by atoms with van der Waals surface area (Å²) in [4.78, 5) is 4.66. The molecule has 0 saturated carbocycles. The summed E-state index contributed by atoms with van der Waals surface area (Å²) in [6, 6.07) is 11.9. The highest BCUT2D eigenvalue weighted by atomic mass is 32.2. The maximum Gasteiger partial charge on any atom is 0.243 e. The average molecular weight is 358 g/mol. The Morgan fingerprint density at radius 2 is 1.80 bits per heavy atom. The van der Waals surface area contributed by atoms with Crippen molar-refractivity contribution in [2.24, 2.45) is 4.99 Å². The number of phenolic OH excluding ortho intramolecular Hbond substituents is 1. The van der Waals surface area contributed by atoms with Crippen LogP contribution in [0, 0.1) is 6.92 Å². The molecule has 6 heteroatoms. The fourth-order valence-corrected chi connectivity index (χ4v) is 4.42. The van der Waals surface area contributed by atoms with Gasteiger partial charge in [-0.25, -0.2) is 8.42 Å². The predicted molar refractivity (Wildman–Crippen MR) is 99.1 cm³/mol. The summed E-state index contributed by atoms with van der Waals surface area (Å²) in [7, 11) is -3.48. The Morgan fingerprint density at radius 3 is 2.52 bits per heavy atom. The summed E-state index contributed by atoms with van der Waals surface area (Å²) in [5.41, 5.74) is 2.05. The zero-order valence-electron chi connectivity index (χ0n) is 14.2. The number of benzene rings is 2. The molecule has 0 unspecified atom stereocenters. The number of aryl methyl sites for hydroxylation is 1. The van der Waals surface area contributed by atoms with Crippen LogP contribution < -0.4 is 0 Å². The monoisotopic (exact) mass is 358 g/mol. The quantitative estimate of drug-likeness (QED) is 0.849. The van der Waals surface area contributed by atoms with E-state index in [1.54, 1.807) is 46.9 Å². The lowest BCUT2D eigenvalue weighted by molar-refractivity contribution is 0.346. The minimum absolute atomic E-state index is 0.140. The minimum Gasteiger partial charge on any atom is -0.507 e. The Kier molecular flexibility index (Phi) is 5.20. The minimum atomic E-state index is -3.48. The van der Waals surface area contributed by atoms with Crippen molar-refractivity contribution in [3.63, 3.8) is 0 Å². The molecular weight excluding hydrogens is 336 g/mol. The van der Waals surface area contributed by atoms with E-state index in [2.05, 4.69) is 4.99 Å². The summed E-state index contributed by atoms with van der Waals surface area (Å²) >= 11 is 0. The first-order valence-electron chi connectivity index (χ1n) is 8.41. The van der Waals surface area contributed by atoms with E-state index in [1.807, 2.05) is 13.0 Å². The van der Waals surface area contributed by atoms with E-state index in [1.165, 1.54) is 0 Å². The largest absolute Gasteiger partial charge is 0.507 e. The van der Waals surface area contributed by atoms with E-state index >= 15 is 0 Å². The van der Waals surface area contributed by atoms with Gasteiger partial charge in [-0.1, -0.05) is 24.6 Å². The Balaban J connectivity index is 1.91. The number of nitrogens with zero attached hydrogens (tertiary/aromatic N) is 2. The molecule has 132 valence electrons. The van der Waals surface area contributed by atoms with Gasteiger partial charge in [-0.15, -0.1) is 0 Å². The van der Waals surface area contributed by atoms with E-state index in [-0.39, 0.29) is 10.6 Å². The first kappa shape index (κ1) is 17.6. The number of rotatable bonds is 4. The SMILES string of the molecule is Cc1ccc(S(=O)(=O)N2CCCCC2)cc1N=Cc1ccccc1O. The third-order valence-electron chi connectivity index (χ3n) is 4.41. The number of phenols is 1. The molecule has 25 heavy (non-hydrogen) atoms. The van der Waals surface area contributed by atoms with Gasteiger partial charge < -0.3 is 5.11 Å². The van der Waals surface area contributed by atoms with Gasteiger partial charge in [0.2, 0.25) is 10.0 Å². The van der Waals surface area contributed by atoms with Crippen molar-refractivity contribution < 1.29 is 13.5 Å². The second kappa shape index (κ2) is 7.37. The molecule has 3 rings (SSSR count). The molecule has 0 amide bonds. The van der Waals surface area contributed by atoms with Gasteiger partial charge in [-0.05, 0) is 49.6 Å². The van der Waals surface area contributed by atoms with Crippen molar-refractivity contribution in [2.45, 2.75) is 31.1 Å². The summed E-state index contributed by atoms with van der Waals surface area (Å²) in [5.74, 6) is 0.140. The Morgan fingerprint density at radius 1 is 1.08 bits per heavy atom. The number of aliphatic imine (C=N–C) groups is 1. The smallest absolute Gasteiger partial charge is 0.243 e. The van der Waals surface area contributed by atoms with Gasteiger partial charge in [-0.3, -0.25) is 4.99 Å². The van der Waals surface area contributed by atoms with Crippen molar-refractivity contribution in [3.05, 3.63) is 53.6 Å². The van der Waals surface area contributed by atoms with Crippen molar-refractivity contribution in [3.8, 4) is 5.75 Å². The molecule has 5 nitrogen and oxygen atoms in total. The van der Waals surface area contributed by atoms with E-state index in [0.29, 0.717) is 24.3 Å². The van der Waals surface area contributed by atoms with E-state index in [9.17, 15) is 13.5 Å². The topological polar surface area (TPSA) is 70.0 Å². The third-order valence-corrected chi connectivity index (χ3v) is 6.31. The van der Waals surface area contributed by atoms with Crippen molar-refractivity contribution >= 4 is 21.9 Å². The molecule has 0 atom stereocenters. The Bertz CT molecular complexity index is 885. The molecule has 2 aromatic carbocycles. The molecule has 0 spiro atoms. The molecule has 1 saturated heterocycles. The summed E-state index contributed by atoms with van der Waals surface area (Å²) in [5, 5.41) is 9.82. The molecule has 2 aromatic rings. The lowest BCUT2D eigenvalue weighted by Gasteiger charge is -2.26. The van der Waals surface area contributed by atoms with E-state index in [0.717, 1.165) is 24.8 Å². The number of sulfonamides is 1. The van der Waals surface area contributed by atoms with Crippen LogP contribution >= 0.6 is 0 Å². The van der Waals surface area contributed by atoms with Gasteiger partial charge in [0, 0.05) is 24.9 Å². The highest BCUT2D eigenvalue weighted by Crippen LogP contribution is 2.27. The second-order valence-electron chi connectivity index (χ2n) is 6.23. The van der Waals surface area contributed by atoms with Gasteiger partial charge in [-0.2, -0.15) is 4.31 Å². The maximum absolute atomic E-state index is 12.8. The Hall–Kier alpha value is -2.18. The first-order chi connectivity index (χ1) is 12.0. The van der Waals surface area contributed by atoms with Crippen LogP contribution in [0.4, 0.5) is 5.69 Å². The van der Waals surface area contributed by atoms with Crippen molar-refractivity contribution in [2.75, 3.05) is 13.1 Å². The number of hydrogen-bond donors (Lipinski definition) is 1. The summed E-state index contributed by atoms with van der Waals surface area (Å²) < 4.78 is 27.2. The molecule has 1 aliphatic rings. The first-order valence-corrected chi connectivity index (χ1v) is 9.85. The van der Waals surface area contributed by atoms with Gasteiger partial charge in [0.15, 0.2) is 0 Å². The standard InChI is InChI=1S/C19H22N2O3S/c1-15-9-10-17(25(23,24)21-11-5-2-6-12-21)13-18(15)20-14-16-7-3-4-8-19(16)22/h3-4,7-10,13-14,22H,2,5-6,11-12H2,1H3. The number of piperidine rings is 1. The molecule has 0 aliphatic carbocycles. The maximum atomic E-state index is 12.8. The zero-order chi connectivity index (χ0) is 17.9. The van der Waals surface area contributed by atoms with Crippen LogP contribution in [0.2, 0.25) is 0 Å². The van der Waals surface area contributed by atoms with Gasteiger partial charge in [0.05, 0.1) is 10.6 Å². The highest BCUT2D eigenvalue weighted by molar-refractivity contribution is 7.89. The fraction of sp³-hybridized carbons (Fsp3) is 0.316. The molecular formula is C19H22N2O3S. The van der Waals surface area contributed by atoms with Gasteiger partial charge >= 0.3 is 0 Å². The molecule has 1 heterocycles. The van der Waals surface area contributed by atoms with Crippen LogP contribution in [0.25, 0.3) is 0 Å². The van der Waals surface area contributed by atoms with Crippen LogP contribution in [-0.4, -0.2) is 37.1 Å². The lowest BCUT2D eigenvalue weighted by Crippen LogP contribution is -2.35. The normalized spacial score (nSPS) is 16.4. The van der Waals surface area contributed by atoms with Crippen molar-refractivity contribution in [1.29, 1.82) is 0 Å². The fourth-order valence-electron chi connectivity index (χ4n) is 2.88. The zero-order valence-corrected chi connectivity index (χ0v) is 15.0. The van der Waals surface area contributed by atoms with Crippen LogP contribution in [0.15, 0.2) is 52.4 Å². The van der Waals surface area contributed by atoms with Crippen molar-refractivity contribution in [1.82, 2.24) is 4.31 Å². The van der Waals surface area contributed by atoms with E-state index < -0.39 is 10.0 Å². The number of aromatic hydroxyl groups is 1. The molecule has 1 fully saturated rings.